The predicted molar refractivity (Wildman–Crippen MR) is 106 cm³/mol. The van der Waals surface area contributed by atoms with Crippen molar-refractivity contribution in [3.8, 4) is 23.3 Å². The summed E-state index contributed by atoms with van der Waals surface area (Å²) < 4.78 is 22.6. The molecule has 2 aromatic heterocycles. The fourth-order valence-electron chi connectivity index (χ4n) is 3.62. The van der Waals surface area contributed by atoms with Crippen LogP contribution in [-0.4, -0.2) is 54.4 Å². The average molecular weight is 396 g/mol. The fraction of sp³-hybridized carbons (Fsp3) is 0.476. The van der Waals surface area contributed by atoms with E-state index in [2.05, 4.69) is 26.6 Å². The largest absolute Gasteiger partial charge is 0.492 e. The van der Waals surface area contributed by atoms with Crippen LogP contribution >= 0.6 is 0 Å². The lowest BCUT2D eigenvalue weighted by atomic mass is 10.0. The van der Waals surface area contributed by atoms with E-state index in [1.165, 1.54) is 6.20 Å². The Balaban J connectivity index is 1.36. The molecule has 2 aliphatic heterocycles. The number of piperidine rings is 1. The summed E-state index contributed by atoms with van der Waals surface area (Å²) in [6, 6.07) is 5.78. The van der Waals surface area contributed by atoms with Gasteiger partial charge < -0.3 is 18.9 Å². The van der Waals surface area contributed by atoms with Crippen LogP contribution in [0.15, 0.2) is 24.4 Å². The lowest BCUT2D eigenvalue weighted by molar-refractivity contribution is 0.0733. The van der Waals surface area contributed by atoms with Crippen molar-refractivity contribution in [3.63, 3.8) is 0 Å². The summed E-state index contributed by atoms with van der Waals surface area (Å²) in [6.45, 7) is 12.1. The summed E-state index contributed by atoms with van der Waals surface area (Å²) in [5, 5.41) is 0. The number of likely N-dealkylation sites (tertiary alicyclic amines) is 1. The average Bonchev–Trinajstić information content (AvgIpc) is 2.79. The van der Waals surface area contributed by atoms with Crippen LogP contribution in [0.2, 0.25) is 0 Å². The highest BCUT2D eigenvalue weighted by Gasteiger charge is 2.27. The van der Waals surface area contributed by atoms with Crippen molar-refractivity contribution in [1.29, 1.82) is 0 Å². The maximum absolute atomic E-state index is 7.09. The molecule has 0 aromatic carbocycles. The molecule has 1 saturated heterocycles. The minimum atomic E-state index is 0.0619. The monoisotopic (exact) mass is 396 g/mol. The molecular formula is C21H24N4O4. The van der Waals surface area contributed by atoms with Gasteiger partial charge in [0, 0.05) is 25.3 Å². The first-order valence-corrected chi connectivity index (χ1v) is 9.76. The van der Waals surface area contributed by atoms with Crippen molar-refractivity contribution in [3.05, 3.63) is 41.5 Å². The number of fused-ring (bicyclic) bond motifs is 1. The smallest absolute Gasteiger partial charge is 0.257 e. The van der Waals surface area contributed by atoms with Gasteiger partial charge in [-0.1, -0.05) is 0 Å². The maximum Gasteiger partial charge on any atom is 0.257 e. The molecule has 0 bridgehead atoms. The molecule has 1 atom stereocenters. The first-order valence-electron chi connectivity index (χ1n) is 9.76. The second-order valence-corrected chi connectivity index (χ2v) is 7.08. The van der Waals surface area contributed by atoms with E-state index in [9.17, 15) is 0 Å². The Bertz CT molecular complexity index is 906. The van der Waals surface area contributed by atoms with Gasteiger partial charge in [-0.2, -0.15) is 0 Å². The number of aromatic nitrogens is 2. The molecule has 0 amide bonds. The third-order valence-electron chi connectivity index (χ3n) is 5.31. The Hall–Kier alpha value is -3.05. The van der Waals surface area contributed by atoms with Crippen LogP contribution in [0.5, 0.6) is 23.3 Å². The molecule has 1 fully saturated rings. The summed E-state index contributed by atoms with van der Waals surface area (Å²) in [5.74, 6) is 2.24. The Kier molecular flexibility index (Phi) is 5.67. The molecule has 4 rings (SSSR count). The van der Waals surface area contributed by atoms with Crippen molar-refractivity contribution < 1.29 is 18.9 Å². The number of methoxy groups -OCH3 is 1. The van der Waals surface area contributed by atoms with Crippen LogP contribution in [0.1, 0.15) is 31.5 Å². The van der Waals surface area contributed by atoms with Crippen molar-refractivity contribution in [2.75, 3.05) is 33.4 Å². The molecule has 0 saturated carbocycles. The molecule has 2 aliphatic rings. The molecular weight excluding hydrogens is 372 g/mol. The molecule has 0 aliphatic carbocycles. The molecule has 0 N–H and O–H groups in total. The minimum absolute atomic E-state index is 0.0619. The lowest BCUT2D eigenvalue weighted by Crippen LogP contribution is -2.40. The number of rotatable bonds is 5. The molecule has 29 heavy (non-hydrogen) atoms. The molecule has 0 spiro atoms. The Labute approximate surface area is 170 Å². The predicted octanol–water partition coefficient (Wildman–Crippen LogP) is 3.41. The highest BCUT2D eigenvalue weighted by atomic mass is 16.6. The van der Waals surface area contributed by atoms with Crippen LogP contribution < -0.4 is 18.9 Å². The van der Waals surface area contributed by atoms with E-state index in [1.807, 2.05) is 12.1 Å². The summed E-state index contributed by atoms with van der Waals surface area (Å²) in [4.78, 5) is 14.7. The zero-order chi connectivity index (χ0) is 20.2. The van der Waals surface area contributed by atoms with E-state index >= 15 is 0 Å². The third kappa shape index (κ3) is 4.20. The van der Waals surface area contributed by atoms with E-state index in [1.54, 1.807) is 13.2 Å². The van der Waals surface area contributed by atoms with Gasteiger partial charge in [-0.3, -0.25) is 4.90 Å². The minimum Gasteiger partial charge on any atom is -0.492 e. The number of nitrogens with zero attached hydrogens (tertiary/aromatic N) is 4. The molecule has 0 radical (unpaired) electrons. The van der Waals surface area contributed by atoms with Gasteiger partial charge >= 0.3 is 0 Å². The normalized spacial score (nSPS) is 18.0. The number of ether oxygens (including phenoxy) is 4. The summed E-state index contributed by atoms with van der Waals surface area (Å²) in [5.41, 5.74) is 1.41. The van der Waals surface area contributed by atoms with Gasteiger partial charge in [0.2, 0.25) is 5.69 Å². The number of pyridine rings is 2. The highest BCUT2D eigenvalue weighted by molar-refractivity contribution is 5.50. The second kappa shape index (κ2) is 8.53. The van der Waals surface area contributed by atoms with Crippen molar-refractivity contribution in [2.45, 2.75) is 31.9 Å². The molecule has 2 aromatic rings. The Morgan fingerprint density at radius 2 is 2.03 bits per heavy atom. The highest BCUT2D eigenvalue weighted by Crippen LogP contribution is 2.33. The van der Waals surface area contributed by atoms with Crippen molar-refractivity contribution in [1.82, 2.24) is 14.9 Å². The molecule has 4 heterocycles. The van der Waals surface area contributed by atoms with Crippen LogP contribution in [0.3, 0.4) is 0 Å². The number of hydrogen-bond donors (Lipinski definition) is 0. The molecule has 8 heteroatoms. The summed E-state index contributed by atoms with van der Waals surface area (Å²) in [6.07, 6.45) is 3.33. The van der Waals surface area contributed by atoms with Crippen LogP contribution in [0, 0.1) is 6.57 Å². The first-order chi connectivity index (χ1) is 14.2. The van der Waals surface area contributed by atoms with Gasteiger partial charge in [-0.15, -0.1) is 0 Å². The van der Waals surface area contributed by atoms with Crippen LogP contribution in [0.25, 0.3) is 4.85 Å². The van der Waals surface area contributed by atoms with E-state index in [4.69, 9.17) is 25.5 Å². The Morgan fingerprint density at radius 3 is 2.79 bits per heavy atom. The van der Waals surface area contributed by atoms with Crippen molar-refractivity contribution in [2.24, 2.45) is 0 Å². The van der Waals surface area contributed by atoms with E-state index in [0.29, 0.717) is 42.2 Å². The quantitative estimate of drug-likeness (QED) is 0.717. The van der Waals surface area contributed by atoms with E-state index in [0.717, 1.165) is 31.6 Å². The first kappa shape index (κ1) is 19.3. The van der Waals surface area contributed by atoms with Crippen LogP contribution in [-0.2, 0) is 0 Å². The van der Waals surface area contributed by atoms with E-state index in [-0.39, 0.29) is 12.1 Å². The topological polar surface area (TPSA) is 70.3 Å². The zero-order valence-electron chi connectivity index (χ0n) is 16.6. The summed E-state index contributed by atoms with van der Waals surface area (Å²) in [7, 11) is 1.56. The van der Waals surface area contributed by atoms with Gasteiger partial charge in [0.1, 0.15) is 19.3 Å². The fourth-order valence-corrected chi connectivity index (χ4v) is 3.62. The van der Waals surface area contributed by atoms with Gasteiger partial charge in [-0.25, -0.2) is 14.8 Å². The third-order valence-corrected chi connectivity index (χ3v) is 5.31. The van der Waals surface area contributed by atoms with Gasteiger partial charge in [0.25, 0.3) is 11.8 Å². The molecule has 152 valence electrons. The second-order valence-electron chi connectivity index (χ2n) is 7.08. The van der Waals surface area contributed by atoms with Gasteiger partial charge in [0.05, 0.1) is 19.4 Å². The number of hydrogen-bond acceptors (Lipinski definition) is 7. The Morgan fingerprint density at radius 1 is 1.24 bits per heavy atom. The van der Waals surface area contributed by atoms with Gasteiger partial charge in [-0.05, 0) is 38.0 Å². The van der Waals surface area contributed by atoms with Crippen molar-refractivity contribution >= 4 is 5.69 Å². The van der Waals surface area contributed by atoms with E-state index < -0.39 is 0 Å². The lowest BCUT2D eigenvalue weighted by Gasteiger charge is -2.35. The zero-order valence-corrected chi connectivity index (χ0v) is 16.6. The standard InChI is InChI=1S/C21H24N4O4/c1-14(17-4-5-18-21(24-17)28-11-10-27-18)25-8-6-16(7-9-25)29-20-19(26-3)12-15(22-2)13-23-20/h4-5,12-14,16H,6-11H2,1,3H3. The maximum atomic E-state index is 7.09. The molecule has 1 unspecified atom stereocenters. The summed E-state index contributed by atoms with van der Waals surface area (Å²) >= 11 is 0. The SMILES string of the molecule is [C-]#[N+]c1cnc(OC2CCN(C(C)c3ccc4c(n3)OCCO4)CC2)c(OC)c1. The molecule has 8 nitrogen and oxygen atoms in total. The van der Waals surface area contributed by atoms with Gasteiger partial charge in [0.15, 0.2) is 11.5 Å². The van der Waals surface area contributed by atoms with Crippen LogP contribution in [0.4, 0.5) is 5.69 Å².